The summed E-state index contributed by atoms with van der Waals surface area (Å²) in [6.07, 6.45) is 0.523. The maximum atomic E-state index is 12.5. The monoisotopic (exact) mass is 394 g/mol. The maximum absolute atomic E-state index is 12.5. The zero-order chi connectivity index (χ0) is 21.0. The summed E-state index contributed by atoms with van der Waals surface area (Å²) in [6, 6.07) is 12.2. The first-order valence-corrected chi connectivity index (χ1v) is 9.63. The number of urea groups is 1. The van der Waals surface area contributed by atoms with Crippen molar-refractivity contribution in [3.8, 4) is 0 Å². The molecule has 2 aromatic rings. The van der Waals surface area contributed by atoms with Crippen molar-refractivity contribution in [2.75, 3.05) is 23.3 Å². The minimum Gasteiger partial charge on any atom is -0.329 e. The molecule has 3 N–H and O–H groups in total. The Bertz CT molecular complexity index is 904. The number of carbonyl (C=O) groups excluding carboxylic acids is 3. The van der Waals surface area contributed by atoms with E-state index >= 15 is 0 Å². The maximum Gasteiger partial charge on any atom is 0.315 e. The molecule has 152 valence electrons. The summed E-state index contributed by atoms with van der Waals surface area (Å²) in [6.45, 7) is 6.22. The third-order valence-corrected chi connectivity index (χ3v) is 4.93. The zero-order valence-electron chi connectivity index (χ0n) is 16.9. The van der Waals surface area contributed by atoms with Crippen LogP contribution in [0.3, 0.4) is 0 Å². The van der Waals surface area contributed by atoms with Crippen LogP contribution in [0.5, 0.6) is 0 Å². The van der Waals surface area contributed by atoms with Gasteiger partial charge in [-0.1, -0.05) is 35.9 Å². The molecule has 1 fully saturated rings. The topological polar surface area (TPSA) is 90.5 Å². The number of hydrogen-bond donors (Lipinski definition) is 3. The summed E-state index contributed by atoms with van der Waals surface area (Å²) in [5, 5.41) is 8.01. The van der Waals surface area contributed by atoms with E-state index in [0.717, 1.165) is 28.1 Å². The lowest BCUT2D eigenvalue weighted by atomic mass is 10.1. The second kappa shape index (κ2) is 8.77. The van der Waals surface area contributed by atoms with E-state index in [0.29, 0.717) is 13.0 Å². The molecule has 0 aliphatic carbocycles. The number of nitrogens with one attached hydrogen (secondary N) is 3. The highest BCUT2D eigenvalue weighted by atomic mass is 16.2. The third kappa shape index (κ3) is 4.93. The molecule has 7 nitrogen and oxygen atoms in total. The number of anilines is 2. The highest BCUT2D eigenvalue weighted by Crippen LogP contribution is 2.22. The van der Waals surface area contributed by atoms with Gasteiger partial charge in [0.05, 0.1) is 6.54 Å². The Morgan fingerprint density at radius 3 is 2.38 bits per heavy atom. The Hall–Kier alpha value is -3.35. The molecular weight excluding hydrogens is 368 g/mol. The molecule has 7 heteroatoms. The smallest absolute Gasteiger partial charge is 0.315 e. The first kappa shape index (κ1) is 20.4. The molecule has 0 radical (unpaired) electrons. The molecule has 4 amide bonds. The fourth-order valence-corrected chi connectivity index (χ4v) is 3.61. The van der Waals surface area contributed by atoms with Gasteiger partial charge in [0.25, 0.3) is 0 Å². The summed E-state index contributed by atoms with van der Waals surface area (Å²) >= 11 is 0. The molecule has 1 heterocycles. The second-order valence-electron chi connectivity index (χ2n) is 7.32. The highest BCUT2D eigenvalue weighted by molar-refractivity contribution is 6.01. The molecule has 1 aliphatic rings. The fourth-order valence-electron chi connectivity index (χ4n) is 3.61. The lowest BCUT2D eigenvalue weighted by Crippen LogP contribution is -2.47. The first-order valence-electron chi connectivity index (χ1n) is 9.63. The summed E-state index contributed by atoms with van der Waals surface area (Å²) in [4.78, 5) is 38.5. The minimum absolute atomic E-state index is 0.151. The molecule has 0 spiro atoms. The van der Waals surface area contributed by atoms with Crippen LogP contribution in [0.2, 0.25) is 0 Å². The van der Waals surface area contributed by atoms with Gasteiger partial charge in [0.15, 0.2) is 0 Å². The van der Waals surface area contributed by atoms with E-state index in [2.05, 4.69) is 16.0 Å². The molecule has 2 aromatic carbocycles. The van der Waals surface area contributed by atoms with E-state index in [1.165, 1.54) is 0 Å². The van der Waals surface area contributed by atoms with Crippen molar-refractivity contribution in [3.05, 3.63) is 59.2 Å². The van der Waals surface area contributed by atoms with E-state index in [1.807, 2.05) is 63.2 Å². The average Bonchev–Trinajstić information content (AvgIpc) is 3.04. The van der Waals surface area contributed by atoms with Crippen LogP contribution in [0.4, 0.5) is 16.2 Å². The SMILES string of the molecule is Cc1cc(C)c(NC(=O)CNC(=O)NC2CCN(c3ccccc3)C2=O)c(C)c1. The predicted octanol–water partition coefficient (Wildman–Crippen LogP) is 2.66. The Labute approximate surface area is 170 Å². The van der Waals surface area contributed by atoms with Gasteiger partial charge in [-0.05, 0) is 50.5 Å². The molecule has 1 aliphatic heterocycles. The van der Waals surface area contributed by atoms with E-state index < -0.39 is 12.1 Å². The van der Waals surface area contributed by atoms with Gasteiger partial charge in [-0.15, -0.1) is 0 Å². The van der Waals surface area contributed by atoms with Crippen LogP contribution in [-0.4, -0.2) is 37.0 Å². The molecule has 1 saturated heterocycles. The summed E-state index contributed by atoms with van der Waals surface area (Å²) in [5.74, 6) is -0.472. The van der Waals surface area contributed by atoms with Crippen LogP contribution in [0.25, 0.3) is 0 Å². The first-order chi connectivity index (χ1) is 13.8. The Balaban J connectivity index is 1.49. The van der Waals surface area contributed by atoms with E-state index in [9.17, 15) is 14.4 Å². The zero-order valence-corrected chi connectivity index (χ0v) is 16.9. The standard InChI is InChI=1S/C22H26N4O3/c1-14-11-15(2)20(16(3)12-14)25-19(27)13-23-22(29)24-18-9-10-26(21(18)28)17-7-5-4-6-8-17/h4-8,11-12,18H,9-10,13H2,1-3H3,(H,25,27)(H2,23,24,29). The minimum atomic E-state index is -0.597. The molecule has 29 heavy (non-hydrogen) atoms. The van der Waals surface area contributed by atoms with Gasteiger partial charge in [0, 0.05) is 17.9 Å². The molecule has 0 aromatic heterocycles. The van der Waals surface area contributed by atoms with Gasteiger partial charge in [0.2, 0.25) is 11.8 Å². The van der Waals surface area contributed by atoms with Crippen LogP contribution in [0.1, 0.15) is 23.1 Å². The number of carbonyl (C=O) groups is 3. The van der Waals surface area contributed by atoms with Gasteiger partial charge in [-0.25, -0.2) is 4.79 Å². The van der Waals surface area contributed by atoms with Crippen molar-refractivity contribution >= 4 is 29.2 Å². The van der Waals surface area contributed by atoms with Crippen LogP contribution < -0.4 is 20.9 Å². The molecule has 3 rings (SSSR count). The molecule has 0 bridgehead atoms. The number of para-hydroxylation sites is 1. The Kier molecular flexibility index (Phi) is 6.16. The van der Waals surface area contributed by atoms with Crippen LogP contribution in [0, 0.1) is 20.8 Å². The number of nitrogens with zero attached hydrogens (tertiary/aromatic N) is 1. The largest absolute Gasteiger partial charge is 0.329 e. The molecule has 1 atom stereocenters. The quantitative estimate of drug-likeness (QED) is 0.728. The van der Waals surface area contributed by atoms with E-state index in [-0.39, 0.29) is 18.4 Å². The molecular formula is C22H26N4O3. The number of rotatable bonds is 5. The van der Waals surface area contributed by atoms with Gasteiger partial charge in [-0.3, -0.25) is 9.59 Å². The Morgan fingerprint density at radius 1 is 1.07 bits per heavy atom. The van der Waals surface area contributed by atoms with Crippen LogP contribution in [0.15, 0.2) is 42.5 Å². The summed E-state index contributed by atoms with van der Waals surface area (Å²) in [7, 11) is 0. The Morgan fingerprint density at radius 2 is 1.72 bits per heavy atom. The van der Waals surface area contributed by atoms with Crippen molar-refractivity contribution in [2.45, 2.75) is 33.2 Å². The average molecular weight is 394 g/mol. The van der Waals surface area contributed by atoms with Crippen molar-refractivity contribution in [2.24, 2.45) is 0 Å². The van der Waals surface area contributed by atoms with Gasteiger partial charge in [-0.2, -0.15) is 0 Å². The lowest BCUT2D eigenvalue weighted by molar-refractivity contribution is -0.118. The van der Waals surface area contributed by atoms with Gasteiger partial charge < -0.3 is 20.9 Å². The van der Waals surface area contributed by atoms with Crippen molar-refractivity contribution in [3.63, 3.8) is 0 Å². The normalized spacial score (nSPS) is 15.9. The number of amides is 4. The lowest BCUT2D eigenvalue weighted by Gasteiger charge is -2.17. The second-order valence-corrected chi connectivity index (χ2v) is 7.32. The highest BCUT2D eigenvalue weighted by Gasteiger charge is 2.33. The number of hydrogen-bond acceptors (Lipinski definition) is 3. The number of aryl methyl sites for hydroxylation is 3. The molecule has 1 unspecified atom stereocenters. The number of benzene rings is 2. The fraction of sp³-hybridized carbons (Fsp3) is 0.318. The summed E-state index contributed by atoms with van der Waals surface area (Å²) < 4.78 is 0. The third-order valence-electron chi connectivity index (χ3n) is 4.93. The molecule has 0 saturated carbocycles. The van der Waals surface area contributed by atoms with Crippen LogP contribution in [-0.2, 0) is 9.59 Å². The van der Waals surface area contributed by atoms with E-state index in [4.69, 9.17) is 0 Å². The van der Waals surface area contributed by atoms with Crippen molar-refractivity contribution in [1.29, 1.82) is 0 Å². The van der Waals surface area contributed by atoms with Gasteiger partial charge >= 0.3 is 6.03 Å². The van der Waals surface area contributed by atoms with Crippen molar-refractivity contribution in [1.82, 2.24) is 10.6 Å². The predicted molar refractivity (Wildman–Crippen MR) is 113 cm³/mol. The summed E-state index contributed by atoms with van der Waals surface area (Å²) in [5.41, 5.74) is 4.63. The van der Waals surface area contributed by atoms with Gasteiger partial charge in [0.1, 0.15) is 6.04 Å². The van der Waals surface area contributed by atoms with Crippen molar-refractivity contribution < 1.29 is 14.4 Å². The van der Waals surface area contributed by atoms with Crippen LogP contribution >= 0.6 is 0 Å². The van der Waals surface area contributed by atoms with E-state index in [1.54, 1.807) is 4.90 Å².